The SMILES string of the molecule is CC(C)[C@@]1(O)C(C(=O)Nc2ccccc2)[C@@](O)(c2ccccc2)C(c2ccc(F)cc2)N1CCCCCCC(=O)OC(C)(C)C. The lowest BCUT2D eigenvalue weighted by Gasteiger charge is -2.42. The van der Waals surface area contributed by atoms with Gasteiger partial charge < -0.3 is 20.3 Å². The molecule has 0 aliphatic carbocycles. The number of hydrogen-bond acceptors (Lipinski definition) is 6. The number of nitrogens with zero attached hydrogens (tertiary/aromatic N) is 1. The summed E-state index contributed by atoms with van der Waals surface area (Å²) < 4.78 is 19.6. The van der Waals surface area contributed by atoms with Gasteiger partial charge in [0.1, 0.15) is 28.7 Å². The summed E-state index contributed by atoms with van der Waals surface area (Å²) in [5.41, 5.74) is -2.58. The van der Waals surface area contributed by atoms with E-state index in [0.717, 1.165) is 12.8 Å². The molecule has 45 heavy (non-hydrogen) atoms. The zero-order valence-electron chi connectivity index (χ0n) is 27.0. The van der Waals surface area contributed by atoms with E-state index in [0.29, 0.717) is 42.6 Å². The molecule has 1 amide bonds. The molecule has 7 nitrogen and oxygen atoms in total. The van der Waals surface area contributed by atoms with Crippen molar-refractivity contribution >= 4 is 17.6 Å². The van der Waals surface area contributed by atoms with Gasteiger partial charge in [0.2, 0.25) is 5.91 Å². The van der Waals surface area contributed by atoms with E-state index in [1.807, 2.05) is 51.7 Å². The Balaban J connectivity index is 1.71. The Kier molecular flexibility index (Phi) is 10.8. The van der Waals surface area contributed by atoms with Crippen molar-refractivity contribution in [2.75, 3.05) is 11.9 Å². The predicted octanol–water partition coefficient (Wildman–Crippen LogP) is 6.96. The van der Waals surface area contributed by atoms with Crippen molar-refractivity contribution < 1.29 is 28.9 Å². The lowest BCUT2D eigenvalue weighted by Crippen LogP contribution is -2.57. The molecule has 0 radical (unpaired) electrons. The Labute approximate surface area is 266 Å². The van der Waals surface area contributed by atoms with E-state index >= 15 is 0 Å². The molecule has 0 spiro atoms. The number of hydrogen-bond donors (Lipinski definition) is 3. The van der Waals surface area contributed by atoms with Crippen molar-refractivity contribution in [3.63, 3.8) is 0 Å². The molecule has 1 aliphatic rings. The Hall–Kier alpha value is -3.59. The molecule has 1 fully saturated rings. The van der Waals surface area contributed by atoms with Crippen LogP contribution in [0.4, 0.5) is 10.1 Å². The van der Waals surface area contributed by atoms with Crippen LogP contribution < -0.4 is 5.32 Å². The number of carbonyl (C=O) groups is 2. The number of aliphatic hydroxyl groups is 2. The van der Waals surface area contributed by atoms with Crippen LogP contribution in [0.25, 0.3) is 0 Å². The number of halogens is 1. The Morgan fingerprint density at radius 2 is 1.47 bits per heavy atom. The van der Waals surface area contributed by atoms with Crippen molar-refractivity contribution in [1.82, 2.24) is 4.90 Å². The molecule has 3 aromatic carbocycles. The molecule has 4 atom stereocenters. The van der Waals surface area contributed by atoms with Gasteiger partial charge in [0.05, 0.1) is 6.04 Å². The maximum Gasteiger partial charge on any atom is 0.306 e. The predicted molar refractivity (Wildman–Crippen MR) is 173 cm³/mol. The van der Waals surface area contributed by atoms with Crippen LogP contribution in [-0.2, 0) is 19.9 Å². The Bertz CT molecular complexity index is 1410. The number of benzene rings is 3. The minimum absolute atomic E-state index is 0.229. The first-order chi connectivity index (χ1) is 21.3. The molecule has 0 bridgehead atoms. The molecular formula is C37H47FN2O5. The fraction of sp³-hybridized carbons (Fsp3) is 0.459. The average Bonchev–Trinajstić information content (AvgIpc) is 3.20. The van der Waals surface area contributed by atoms with E-state index in [9.17, 15) is 24.2 Å². The van der Waals surface area contributed by atoms with Crippen LogP contribution in [0, 0.1) is 17.7 Å². The van der Waals surface area contributed by atoms with E-state index in [2.05, 4.69) is 5.32 Å². The number of ether oxygens (including phenoxy) is 1. The number of unbranched alkanes of at least 4 members (excludes halogenated alkanes) is 3. The summed E-state index contributed by atoms with van der Waals surface area (Å²) >= 11 is 0. The van der Waals surface area contributed by atoms with Gasteiger partial charge in [-0.25, -0.2) is 4.39 Å². The van der Waals surface area contributed by atoms with Crippen LogP contribution in [0.1, 0.15) is 83.9 Å². The molecule has 1 aliphatic heterocycles. The average molecular weight is 619 g/mol. The summed E-state index contributed by atoms with van der Waals surface area (Å²) in [6, 6.07) is 22.9. The first-order valence-corrected chi connectivity index (χ1v) is 15.9. The molecule has 2 unspecified atom stereocenters. The lowest BCUT2D eigenvalue weighted by atomic mass is 9.71. The van der Waals surface area contributed by atoms with Gasteiger partial charge in [-0.3, -0.25) is 14.5 Å². The molecule has 3 aromatic rings. The van der Waals surface area contributed by atoms with Crippen molar-refractivity contribution in [3.8, 4) is 0 Å². The number of likely N-dealkylation sites (tertiary alicyclic amines) is 1. The van der Waals surface area contributed by atoms with Crippen LogP contribution in [0.2, 0.25) is 0 Å². The van der Waals surface area contributed by atoms with Crippen molar-refractivity contribution in [3.05, 3.63) is 102 Å². The van der Waals surface area contributed by atoms with Gasteiger partial charge in [0.25, 0.3) is 0 Å². The number of carbonyl (C=O) groups excluding carboxylic acids is 2. The van der Waals surface area contributed by atoms with Crippen LogP contribution in [0.3, 0.4) is 0 Å². The van der Waals surface area contributed by atoms with Gasteiger partial charge in [-0.2, -0.15) is 0 Å². The monoisotopic (exact) mass is 618 g/mol. The zero-order valence-corrected chi connectivity index (χ0v) is 27.0. The van der Waals surface area contributed by atoms with Gasteiger partial charge >= 0.3 is 5.97 Å². The van der Waals surface area contributed by atoms with Crippen LogP contribution >= 0.6 is 0 Å². The normalized spacial score (nSPS) is 23.7. The van der Waals surface area contributed by atoms with Gasteiger partial charge in [-0.05, 0) is 74.9 Å². The molecule has 1 heterocycles. The fourth-order valence-electron chi connectivity index (χ4n) is 6.60. The minimum Gasteiger partial charge on any atom is -0.460 e. The number of amides is 1. The first-order valence-electron chi connectivity index (χ1n) is 15.9. The minimum atomic E-state index is -1.88. The number of rotatable bonds is 12. The molecule has 1 saturated heterocycles. The summed E-state index contributed by atoms with van der Waals surface area (Å²) in [5, 5.41) is 28.7. The van der Waals surface area contributed by atoms with E-state index in [1.54, 1.807) is 60.7 Å². The van der Waals surface area contributed by atoms with E-state index in [1.165, 1.54) is 12.1 Å². The van der Waals surface area contributed by atoms with E-state index in [4.69, 9.17) is 4.74 Å². The van der Waals surface area contributed by atoms with Gasteiger partial charge in [0, 0.05) is 18.7 Å². The first kappa shape index (κ1) is 34.3. The van der Waals surface area contributed by atoms with E-state index < -0.39 is 46.5 Å². The molecule has 0 saturated carbocycles. The summed E-state index contributed by atoms with van der Waals surface area (Å²) in [6.07, 6.45) is 3.16. The van der Waals surface area contributed by atoms with Gasteiger partial charge in [-0.15, -0.1) is 0 Å². The summed E-state index contributed by atoms with van der Waals surface area (Å²) in [5.74, 6) is -2.95. The van der Waals surface area contributed by atoms with Crippen molar-refractivity contribution in [2.45, 2.75) is 89.7 Å². The highest BCUT2D eigenvalue weighted by Crippen LogP contribution is 2.59. The van der Waals surface area contributed by atoms with Gasteiger partial charge in [-0.1, -0.05) is 87.4 Å². The zero-order chi connectivity index (χ0) is 32.8. The molecule has 8 heteroatoms. The summed E-state index contributed by atoms with van der Waals surface area (Å²) in [6.45, 7) is 9.58. The van der Waals surface area contributed by atoms with Crippen LogP contribution in [0.15, 0.2) is 84.9 Å². The topological polar surface area (TPSA) is 99.1 Å². The molecule has 242 valence electrons. The van der Waals surface area contributed by atoms with Gasteiger partial charge in [0.15, 0.2) is 0 Å². The van der Waals surface area contributed by atoms with E-state index in [-0.39, 0.29) is 5.97 Å². The fourth-order valence-corrected chi connectivity index (χ4v) is 6.60. The smallest absolute Gasteiger partial charge is 0.306 e. The summed E-state index contributed by atoms with van der Waals surface area (Å²) in [4.78, 5) is 28.3. The largest absolute Gasteiger partial charge is 0.460 e. The molecular weight excluding hydrogens is 571 g/mol. The number of para-hydroxylation sites is 1. The summed E-state index contributed by atoms with van der Waals surface area (Å²) in [7, 11) is 0. The number of anilines is 1. The third kappa shape index (κ3) is 7.63. The Morgan fingerprint density at radius 3 is 2.04 bits per heavy atom. The highest BCUT2D eigenvalue weighted by atomic mass is 19.1. The lowest BCUT2D eigenvalue weighted by molar-refractivity contribution is -0.170. The second kappa shape index (κ2) is 14.2. The van der Waals surface area contributed by atoms with Crippen LogP contribution in [0.5, 0.6) is 0 Å². The maximum absolute atomic E-state index is 14.3. The molecule has 4 rings (SSSR count). The highest BCUT2D eigenvalue weighted by molar-refractivity contribution is 5.95. The number of esters is 1. The second-order valence-electron chi connectivity index (χ2n) is 13.3. The van der Waals surface area contributed by atoms with Crippen LogP contribution in [-0.4, -0.2) is 44.9 Å². The third-order valence-electron chi connectivity index (χ3n) is 8.58. The third-order valence-corrected chi connectivity index (χ3v) is 8.58. The maximum atomic E-state index is 14.3. The van der Waals surface area contributed by atoms with Crippen molar-refractivity contribution in [2.24, 2.45) is 11.8 Å². The Morgan fingerprint density at radius 1 is 0.889 bits per heavy atom. The van der Waals surface area contributed by atoms with Crippen molar-refractivity contribution in [1.29, 1.82) is 0 Å². The number of nitrogens with one attached hydrogen (secondary N) is 1. The molecule has 0 aromatic heterocycles. The highest BCUT2D eigenvalue weighted by Gasteiger charge is 2.70. The second-order valence-corrected chi connectivity index (χ2v) is 13.3. The molecule has 3 N–H and O–H groups in total. The quantitative estimate of drug-likeness (QED) is 0.150. The standard InChI is InChI=1S/C37H47FN2O5/c1-26(2)37(44)32(34(42)39-30-18-12-9-13-19-30)36(43,28-16-10-8-11-17-28)33(27-21-23-29(38)24-22-27)40(37)25-15-7-6-14-20-31(41)45-35(3,4)5/h8-13,16-19,21-24,26,32-33,43-44H,6-7,14-15,20,25H2,1-5H3,(H,39,42)/t32?,33?,36-,37+/m0/s1.